The van der Waals surface area contributed by atoms with Gasteiger partial charge in [-0.05, 0) is 17.7 Å². The Hall–Kier alpha value is -1.81. The Kier molecular flexibility index (Phi) is 2.69. The van der Waals surface area contributed by atoms with E-state index in [1.165, 1.54) is 0 Å². The molecule has 0 fully saturated rings. The molecular formula is C11H12N2O2. The summed E-state index contributed by atoms with van der Waals surface area (Å²) in [6.45, 7) is 0.349. The molecular weight excluding hydrogens is 192 g/mol. The van der Waals surface area contributed by atoms with Crippen LogP contribution in [-0.2, 0) is 6.54 Å². The molecule has 78 valence electrons. The quantitative estimate of drug-likeness (QED) is 0.828. The molecule has 2 rings (SSSR count). The number of methoxy groups -OCH3 is 1. The third-order valence-corrected chi connectivity index (χ3v) is 2.23. The standard InChI is InChI=1S/C11H12N2O2/c1-14-9-4-2-8(3-5-9)10-7-13-15-11(10)6-12/h2-5,7H,6,12H2,1H3. The van der Waals surface area contributed by atoms with Crippen LogP contribution in [0, 0.1) is 0 Å². The van der Waals surface area contributed by atoms with Gasteiger partial charge < -0.3 is 15.0 Å². The normalized spacial score (nSPS) is 10.3. The molecule has 0 atom stereocenters. The molecule has 1 aromatic carbocycles. The van der Waals surface area contributed by atoms with Gasteiger partial charge in [0.25, 0.3) is 0 Å². The van der Waals surface area contributed by atoms with Crippen molar-refractivity contribution < 1.29 is 9.26 Å². The largest absolute Gasteiger partial charge is 0.497 e. The Balaban J connectivity index is 2.37. The van der Waals surface area contributed by atoms with Gasteiger partial charge in [0, 0.05) is 5.56 Å². The maximum atomic E-state index is 5.53. The Morgan fingerprint density at radius 2 is 2.07 bits per heavy atom. The first-order chi connectivity index (χ1) is 7.35. The van der Waals surface area contributed by atoms with Crippen molar-refractivity contribution in [3.63, 3.8) is 0 Å². The first kappa shape index (κ1) is 9.73. The Morgan fingerprint density at radius 3 is 2.67 bits per heavy atom. The van der Waals surface area contributed by atoms with Crippen molar-refractivity contribution in [1.29, 1.82) is 0 Å². The summed E-state index contributed by atoms with van der Waals surface area (Å²) in [5, 5.41) is 3.73. The van der Waals surface area contributed by atoms with Crippen molar-refractivity contribution in [2.24, 2.45) is 5.73 Å². The summed E-state index contributed by atoms with van der Waals surface area (Å²) in [4.78, 5) is 0. The summed E-state index contributed by atoms with van der Waals surface area (Å²) in [5.41, 5.74) is 7.49. The molecule has 0 amide bonds. The van der Waals surface area contributed by atoms with Crippen molar-refractivity contribution in [3.05, 3.63) is 36.2 Å². The van der Waals surface area contributed by atoms with Crippen molar-refractivity contribution in [3.8, 4) is 16.9 Å². The van der Waals surface area contributed by atoms with Crippen molar-refractivity contribution in [2.75, 3.05) is 7.11 Å². The fourth-order valence-electron chi connectivity index (χ4n) is 1.42. The lowest BCUT2D eigenvalue weighted by Gasteiger charge is -2.01. The Bertz CT molecular complexity index is 434. The van der Waals surface area contributed by atoms with Crippen LogP contribution in [0.15, 0.2) is 35.0 Å². The molecule has 0 aliphatic heterocycles. The Morgan fingerprint density at radius 1 is 1.33 bits per heavy atom. The minimum atomic E-state index is 0.349. The molecule has 0 bridgehead atoms. The van der Waals surface area contributed by atoms with E-state index >= 15 is 0 Å². The summed E-state index contributed by atoms with van der Waals surface area (Å²) < 4.78 is 10.1. The molecule has 0 radical (unpaired) electrons. The zero-order chi connectivity index (χ0) is 10.7. The molecule has 2 N–H and O–H groups in total. The number of aromatic nitrogens is 1. The van der Waals surface area contributed by atoms with Crippen molar-refractivity contribution >= 4 is 0 Å². The summed E-state index contributed by atoms with van der Waals surface area (Å²) in [5.74, 6) is 1.52. The maximum absolute atomic E-state index is 5.53. The van der Waals surface area contributed by atoms with Gasteiger partial charge in [0.1, 0.15) is 5.75 Å². The lowest BCUT2D eigenvalue weighted by atomic mass is 10.1. The van der Waals surface area contributed by atoms with Gasteiger partial charge in [0.15, 0.2) is 5.76 Å². The fourth-order valence-corrected chi connectivity index (χ4v) is 1.42. The summed E-state index contributed by atoms with van der Waals surface area (Å²) in [7, 11) is 1.64. The number of nitrogens with zero attached hydrogens (tertiary/aromatic N) is 1. The van der Waals surface area contributed by atoms with Crippen LogP contribution < -0.4 is 10.5 Å². The first-order valence-electron chi connectivity index (χ1n) is 4.63. The molecule has 1 heterocycles. The van der Waals surface area contributed by atoms with Crippen LogP contribution in [0.2, 0.25) is 0 Å². The third kappa shape index (κ3) is 1.85. The van der Waals surface area contributed by atoms with Crippen molar-refractivity contribution in [2.45, 2.75) is 6.54 Å². The average Bonchev–Trinajstić information content (AvgIpc) is 2.77. The van der Waals surface area contributed by atoms with E-state index in [0.717, 1.165) is 16.9 Å². The minimum Gasteiger partial charge on any atom is -0.497 e. The van der Waals surface area contributed by atoms with E-state index in [-0.39, 0.29) is 0 Å². The molecule has 0 aliphatic carbocycles. The van der Waals surface area contributed by atoms with E-state index in [1.807, 2.05) is 24.3 Å². The molecule has 2 aromatic rings. The number of hydrogen-bond acceptors (Lipinski definition) is 4. The molecule has 0 saturated heterocycles. The highest BCUT2D eigenvalue weighted by atomic mass is 16.5. The lowest BCUT2D eigenvalue weighted by molar-refractivity contribution is 0.385. The van der Waals surface area contributed by atoms with Crippen LogP contribution in [0.5, 0.6) is 5.75 Å². The highest BCUT2D eigenvalue weighted by molar-refractivity contribution is 5.65. The van der Waals surface area contributed by atoms with E-state index in [2.05, 4.69) is 5.16 Å². The fraction of sp³-hybridized carbons (Fsp3) is 0.182. The first-order valence-corrected chi connectivity index (χ1v) is 4.63. The van der Waals surface area contributed by atoms with Gasteiger partial charge in [-0.1, -0.05) is 17.3 Å². The highest BCUT2D eigenvalue weighted by Crippen LogP contribution is 2.25. The van der Waals surface area contributed by atoms with Crippen molar-refractivity contribution in [1.82, 2.24) is 5.16 Å². The summed E-state index contributed by atoms with van der Waals surface area (Å²) >= 11 is 0. The van der Waals surface area contributed by atoms with E-state index in [4.69, 9.17) is 15.0 Å². The molecule has 0 aliphatic rings. The van der Waals surface area contributed by atoms with Crippen LogP contribution in [0.3, 0.4) is 0 Å². The van der Waals surface area contributed by atoms with Gasteiger partial charge in [-0.3, -0.25) is 0 Å². The van der Waals surface area contributed by atoms with Crippen LogP contribution in [-0.4, -0.2) is 12.3 Å². The second kappa shape index (κ2) is 4.14. The summed E-state index contributed by atoms with van der Waals surface area (Å²) in [6.07, 6.45) is 1.67. The van der Waals surface area contributed by atoms with E-state index in [0.29, 0.717) is 12.3 Å². The van der Waals surface area contributed by atoms with Crippen LogP contribution in [0.1, 0.15) is 5.76 Å². The number of rotatable bonds is 3. The topological polar surface area (TPSA) is 61.3 Å². The third-order valence-electron chi connectivity index (χ3n) is 2.23. The van der Waals surface area contributed by atoms with E-state index in [9.17, 15) is 0 Å². The smallest absolute Gasteiger partial charge is 0.158 e. The van der Waals surface area contributed by atoms with E-state index < -0.39 is 0 Å². The van der Waals surface area contributed by atoms with Gasteiger partial charge in [-0.25, -0.2) is 0 Å². The SMILES string of the molecule is COc1ccc(-c2cnoc2CN)cc1. The van der Waals surface area contributed by atoms with Crippen LogP contribution in [0.25, 0.3) is 11.1 Å². The average molecular weight is 204 g/mol. The maximum Gasteiger partial charge on any atom is 0.158 e. The highest BCUT2D eigenvalue weighted by Gasteiger charge is 2.08. The lowest BCUT2D eigenvalue weighted by Crippen LogP contribution is -1.95. The van der Waals surface area contributed by atoms with Gasteiger partial charge in [-0.15, -0.1) is 0 Å². The zero-order valence-electron chi connectivity index (χ0n) is 8.43. The number of benzene rings is 1. The van der Waals surface area contributed by atoms with Gasteiger partial charge >= 0.3 is 0 Å². The van der Waals surface area contributed by atoms with E-state index in [1.54, 1.807) is 13.3 Å². The second-order valence-corrected chi connectivity index (χ2v) is 3.10. The monoisotopic (exact) mass is 204 g/mol. The van der Waals surface area contributed by atoms with Gasteiger partial charge in [0.05, 0.1) is 19.9 Å². The molecule has 1 aromatic heterocycles. The number of hydrogen-bond donors (Lipinski definition) is 1. The molecule has 0 saturated carbocycles. The Labute approximate surface area is 87.6 Å². The van der Waals surface area contributed by atoms with Gasteiger partial charge in [0.2, 0.25) is 0 Å². The molecule has 0 unspecified atom stereocenters. The molecule has 4 heteroatoms. The van der Waals surface area contributed by atoms with Crippen LogP contribution in [0.4, 0.5) is 0 Å². The van der Waals surface area contributed by atoms with Crippen LogP contribution >= 0.6 is 0 Å². The number of nitrogens with two attached hydrogens (primary N) is 1. The molecule has 4 nitrogen and oxygen atoms in total. The molecule has 0 spiro atoms. The second-order valence-electron chi connectivity index (χ2n) is 3.10. The predicted molar refractivity (Wildman–Crippen MR) is 56.4 cm³/mol. The zero-order valence-corrected chi connectivity index (χ0v) is 8.43. The predicted octanol–water partition coefficient (Wildman–Crippen LogP) is 1.81. The van der Waals surface area contributed by atoms with Gasteiger partial charge in [-0.2, -0.15) is 0 Å². The molecule has 15 heavy (non-hydrogen) atoms. The number of ether oxygens (including phenoxy) is 1. The summed E-state index contributed by atoms with van der Waals surface area (Å²) in [6, 6.07) is 7.68. The minimum absolute atomic E-state index is 0.349.